The van der Waals surface area contributed by atoms with E-state index in [1.54, 1.807) is 6.20 Å². The van der Waals surface area contributed by atoms with Crippen LogP contribution in [0.3, 0.4) is 0 Å². The first kappa shape index (κ1) is 15.9. The predicted molar refractivity (Wildman–Crippen MR) is 94.0 cm³/mol. The minimum Gasteiger partial charge on any atom is -0.346 e. The summed E-state index contributed by atoms with van der Waals surface area (Å²) in [6.45, 7) is 0. The van der Waals surface area contributed by atoms with Gasteiger partial charge in [-0.3, -0.25) is 4.68 Å². The van der Waals surface area contributed by atoms with Crippen LogP contribution in [0, 0.1) is 40.4 Å². The smallest absolute Gasteiger partial charge is 0.141 e. The maximum absolute atomic E-state index is 9.49. The second-order valence-corrected chi connectivity index (χ2v) is 6.82. The van der Waals surface area contributed by atoms with Gasteiger partial charge in [0.1, 0.15) is 12.0 Å². The molecule has 1 aliphatic carbocycles. The molecule has 0 radical (unpaired) electrons. The molecule has 26 heavy (non-hydrogen) atoms. The van der Waals surface area contributed by atoms with E-state index in [-0.39, 0.29) is 6.42 Å². The van der Waals surface area contributed by atoms with E-state index in [4.69, 9.17) is 11.7 Å². The molecule has 7 nitrogen and oxygen atoms in total. The maximum atomic E-state index is 9.49. The number of hydrogen-bond acceptors (Lipinski definition) is 5. The molecule has 126 valence electrons. The zero-order chi connectivity index (χ0) is 18.2. The predicted octanol–water partition coefficient (Wildman–Crippen LogP) is 2.76. The average molecular weight is 341 g/mol. The highest BCUT2D eigenvalue weighted by molar-refractivity contribution is 5.89. The molecule has 0 spiro atoms. The molecule has 0 unspecified atom stereocenters. The lowest BCUT2D eigenvalue weighted by Crippen LogP contribution is -2.52. The van der Waals surface area contributed by atoms with Gasteiger partial charge < -0.3 is 4.98 Å². The number of H-pyrrole nitrogens is 1. The summed E-state index contributed by atoms with van der Waals surface area (Å²) < 4.78 is 1.84. The van der Waals surface area contributed by atoms with Crippen molar-refractivity contribution in [3.8, 4) is 35.7 Å². The van der Waals surface area contributed by atoms with Gasteiger partial charge in [0.25, 0.3) is 0 Å². The van der Waals surface area contributed by atoms with Crippen molar-refractivity contribution >= 4 is 11.0 Å². The molecule has 0 aliphatic heterocycles. The molecule has 3 aromatic rings. The fraction of sp³-hybridized carbons (Fsp3) is 0.316. The van der Waals surface area contributed by atoms with Crippen molar-refractivity contribution in [3.05, 3.63) is 31.0 Å². The number of hydrogen-bond donors (Lipinski definition) is 1. The van der Waals surface area contributed by atoms with Crippen molar-refractivity contribution in [3.63, 3.8) is 0 Å². The minimum absolute atomic E-state index is 0.208. The number of rotatable bonds is 4. The molecule has 1 saturated carbocycles. The molecule has 0 atom stereocenters. The summed E-state index contributed by atoms with van der Waals surface area (Å²) in [5.41, 5.74) is 1.36. The molecule has 1 aliphatic rings. The number of nitriles is 2. The molecular formula is C19H15N7. The van der Waals surface area contributed by atoms with E-state index in [1.807, 2.05) is 23.1 Å². The molecular weight excluding hydrogens is 326 g/mol. The largest absolute Gasteiger partial charge is 0.346 e. The third-order valence-corrected chi connectivity index (χ3v) is 5.12. The number of fused-ring (bicyclic) bond motifs is 1. The molecule has 3 heterocycles. The van der Waals surface area contributed by atoms with Crippen molar-refractivity contribution in [2.75, 3.05) is 0 Å². The summed E-state index contributed by atoms with van der Waals surface area (Å²) in [5.74, 6) is 2.70. The van der Waals surface area contributed by atoms with Crippen molar-refractivity contribution in [2.24, 2.45) is 5.41 Å². The second-order valence-electron chi connectivity index (χ2n) is 6.82. The monoisotopic (exact) mass is 341 g/mol. The van der Waals surface area contributed by atoms with Gasteiger partial charge in [-0.1, -0.05) is 0 Å². The van der Waals surface area contributed by atoms with Crippen LogP contribution in [0.4, 0.5) is 0 Å². The lowest BCUT2D eigenvalue weighted by molar-refractivity contribution is 0.0103. The molecule has 0 amide bonds. The quantitative estimate of drug-likeness (QED) is 0.734. The Labute approximate surface area is 150 Å². The van der Waals surface area contributed by atoms with Gasteiger partial charge in [-0.05, 0) is 18.9 Å². The first-order chi connectivity index (χ1) is 12.7. The van der Waals surface area contributed by atoms with Crippen LogP contribution in [0.25, 0.3) is 22.3 Å². The first-order valence-corrected chi connectivity index (χ1v) is 8.21. The zero-order valence-corrected chi connectivity index (χ0v) is 14.0. The fourth-order valence-electron chi connectivity index (χ4n) is 3.97. The van der Waals surface area contributed by atoms with E-state index >= 15 is 0 Å². The summed E-state index contributed by atoms with van der Waals surface area (Å²) in [6, 6.07) is 6.34. The van der Waals surface area contributed by atoms with Crippen LogP contribution in [0.1, 0.15) is 25.7 Å². The van der Waals surface area contributed by atoms with Gasteiger partial charge in [0.15, 0.2) is 0 Å². The SMILES string of the molecule is C#CCC1(n2cc(-c3ncnc4[nH]ccc34)cn2)CC(C#N)(CC#N)C1. The third kappa shape index (κ3) is 2.24. The van der Waals surface area contributed by atoms with Crippen LogP contribution in [-0.4, -0.2) is 24.7 Å². The van der Waals surface area contributed by atoms with Crippen LogP contribution >= 0.6 is 0 Å². The van der Waals surface area contributed by atoms with Gasteiger partial charge in [-0.25, -0.2) is 9.97 Å². The van der Waals surface area contributed by atoms with E-state index in [0.717, 1.165) is 22.3 Å². The highest BCUT2D eigenvalue weighted by atomic mass is 15.3. The topological polar surface area (TPSA) is 107 Å². The Hall–Kier alpha value is -3.63. The lowest BCUT2D eigenvalue weighted by atomic mass is 9.55. The van der Waals surface area contributed by atoms with Crippen molar-refractivity contribution < 1.29 is 0 Å². The van der Waals surface area contributed by atoms with E-state index < -0.39 is 11.0 Å². The molecule has 0 aromatic carbocycles. The number of nitrogens with one attached hydrogen (secondary N) is 1. The van der Waals surface area contributed by atoms with Gasteiger partial charge in [0.05, 0.1) is 41.4 Å². The summed E-state index contributed by atoms with van der Waals surface area (Å²) in [5, 5.41) is 23.9. The molecule has 1 fully saturated rings. The number of aromatic amines is 1. The summed E-state index contributed by atoms with van der Waals surface area (Å²) >= 11 is 0. The number of terminal acetylenes is 1. The van der Waals surface area contributed by atoms with E-state index in [0.29, 0.717) is 19.3 Å². The Kier molecular flexibility index (Phi) is 3.49. The Morgan fingerprint density at radius 2 is 2.12 bits per heavy atom. The van der Waals surface area contributed by atoms with Gasteiger partial charge in [-0.2, -0.15) is 15.6 Å². The molecule has 4 rings (SSSR count). The molecule has 3 aromatic heterocycles. The number of aromatic nitrogens is 5. The van der Waals surface area contributed by atoms with Crippen molar-refractivity contribution in [2.45, 2.75) is 31.2 Å². The zero-order valence-electron chi connectivity index (χ0n) is 14.0. The van der Waals surface area contributed by atoms with Crippen LogP contribution in [0.15, 0.2) is 31.0 Å². The minimum atomic E-state index is -0.638. The average Bonchev–Trinajstić information content (AvgIpc) is 3.28. The van der Waals surface area contributed by atoms with Crippen LogP contribution in [0.5, 0.6) is 0 Å². The van der Waals surface area contributed by atoms with Gasteiger partial charge >= 0.3 is 0 Å². The Morgan fingerprint density at radius 3 is 2.85 bits per heavy atom. The van der Waals surface area contributed by atoms with E-state index in [2.05, 4.69) is 38.1 Å². The van der Waals surface area contributed by atoms with Gasteiger partial charge in [0.2, 0.25) is 0 Å². The second kappa shape index (κ2) is 5.72. The highest BCUT2D eigenvalue weighted by Gasteiger charge is 2.56. The lowest BCUT2D eigenvalue weighted by Gasteiger charge is -2.51. The Bertz CT molecular complexity index is 1090. The van der Waals surface area contributed by atoms with Crippen LogP contribution < -0.4 is 0 Å². The highest BCUT2D eigenvalue weighted by Crippen LogP contribution is 2.56. The molecule has 0 bridgehead atoms. The Balaban J connectivity index is 1.71. The maximum Gasteiger partial charge on any atom is 0.141 e. The molecule has 7 heteroatoms. The number of nitrogens with zero attached hydrogens (tertiary/aromatic N) is 6. The summed E-state index contributed by atoms with van der Waals surface area (Å²) in [4.78, 5) is 11.7. The summed E-state index contributed by atoms with van der Waals surface area (Å²) in [7, 11) is 0. The summed E-state index contributed by atoms with van der Waals surface area (Å²) in [6.07, 6.45) is 14.3. The van der Waals surface area contributed by atoms with Crippen LogP contribution in [-0.2, 0) is 5.54 Å². The van der Waals surface area contributed by atoms with Crippen LogP contribution in [0.2, 0.25) is 0 Å². The Morgan fingerprint density at radius 1 is 1.27 bits per heavy atom. The fourth-order valence-corrected chi connectivity index (χ4v) is 3.97. The van der Waals surface area contributed by atoms with Crippen molar-refractivity contribution in [1.82, 2.24) is 24.7 Å². The first-order valence-electron chi connectivity index (χ1n) is 8.21. The molecule has 1 N–H and O–H groups in total. The third-order valence-electron chi connectivity index (χ3n) is 5.12. The van der Waals surface area contributed by atoms with E-state index in [1.165, 1.54) is 6.33 Å². The standard InChI is InChI=1S/C19H15N7/c1-2-4-19(10-18(11-19,12-21)5-6-20)26-9-14(8-25-26)16-15-3-7-22-17(15)24-13-23-16/h1,3,7-9,13H,4-5,10-11H2,(H,22,23,24). The molecule has 0 saturated heterocycles. The van der Waals surface area contributed by atoms with Gasteiger partial charge in [-0.15, -0.1) is 12.3 Å². The van der Waals surface area contributed by atoms with Crippen molar-refractivity contribution in [1.29, 1.82) is 10.5 Å². The van der Waals surface area contributed by atoms with Gasteiger partial charge in [0, 0.05) is 29.8 Å². The normalized spacial score (nSPS) is 24.3. The van der Waals surface area contributed by atoms with E-state index in [9.17, 15) is 5.26 Å².